The Bertz CT molecular complexity index is 1690. The number of aromatic nitrogens is 2. The summed E-state index contributed by atoms with van der Waals surface area (Å²) < 4.78 is 14.2. The lowest BCUT2D eigenvalue weighted by atomic mass is 10.2. The topological polar surface area (TPSA) is 65.7 Å². The molecule has 0 radical (unpaired) electrons. The van der Waals surface area contributed by atoms with E-state index in [0.717, 1.165) is 20.3 Å². The number of halogens is 2. The number of hydrogen-bond donors (Lipinski definition) is 0. The molecule has 1 aromatic heterocycles. The van der Waals surface area contributed by atoms with E-state index in [1.807, 2.05) is 91.9 Å². The van der Waals surface area contributed by atoms with Crippen LogP contribution in [0.3, 0.4) is 0 Å². The van der Waals surface area contributed by atoms with Gasteiger partial charge in [-0.2, -0.15) is 9.78 Å². The molecular weight excluding hydrogens is 613 g/mol. The fourth-order valence-corrected chi connectivity index (χ4v) is 4.93. The molecule has 5 aromatic rings. The number of rotatable bonds is 8. The molecule has 5 rings (SSSR count). The number of para-hydroxylation sites is 1. The molecule has 0 bridgehead atoms. The van der Waals surface area contributed by atoms with Gasteiger partial charge >= 0.3 is 0 Å². The molecular formula is C30H23ClIN3O3. The Labute approximate surface area is 238 Å². The zero-order valence-corrected chi connectivity index (χ0v) is 23.4. The quantitative estimate of drug-likeness (QED) is 0.134. The molecule has 8 heteroatoms. The second kappa shape index (κ2) is 11.8. The van der Waals surface area contributed by atoms with Gasteiger partial charge in [-0.25, -0.2) is 4.98 Å². The van der Waals surface area contributed by atoms with Crippen LogP contribution in [-0.2, 0) is 6.61 Å². The van der Waals surface area contributed by atoms with E-state index in [-0.39, 0.29) is 5.56 Å². The first-order valence-electron chi connectivity index (χ1n) is 12.0. The average Bonchev–Trinajstić information content (AvgIpc) is 2.93. The highest BCUT2D eigenvalue weighted by atomic mass is 127. The zero-order valence-electron chi connectivity index (χ0n) is 20.5. The maximum Gasteiger partial charge on any atom is 0.282 e. The van der Waals surface area contributed by atoms with Crippen molar-refractivity contribution in [2.24, 2.45) is 5.10 Å². The van der Waals surface area contributed by atoms with Crippen molar-refractivity contribution in [3.8, 4) is 22.9 Å². The van der Waals surface area contributed by atoms with Crippen LogP contribution in [0.4, 0.5) is 0 Å². The summed E-state index contributed by atoms with van der Waals surface area (Å²) in [6.45, 7) is 2.69. The van der Waals surface area contributed by atoms with Gasteiger partial charge in [-0.1, -0.05) is 72.3 Å². The fraction of sp³-hybridized carbons (Fsp3) is 0.100. The molecule has 0 unspecified atom stereocenters. The van der Waals surface area contributed by atoms with Gasteiger partial charge in [-0.05, 0) is 65.4 Å². The summed E-state index contributed by atoms with van der Waals surface area (Å²) in [5.41, 5.74) is 2.80. The van der Waals surface area contributed by atoms with Crippen LogP contribution in [0.15, 0.2) is 101 Å². The molecule has 0 saturated carbocycles. The Morgan fingerprint density at radius 1 is 0.974 bits per heavy atom. The van der Waals surface area contributed by atoms with Crippen molar-refractivity contribution in [3.05, 3.63) is 121 Å². The molecule has 0 atom stereocenters. The third-order valence-corrected chi connectivity index (χ3v) is 6.94. The van der Waals surface area contributed by atoms with Gasteiger partial charge in [-0.3, -0.25) is 4.79 Å². The largest absolute Gasteiger partial charge is 0.490 e. The average molecular weight is 636 g/mol. The molecule has 0 spiro atoms. The van der Waals surface area contributed by atoms with Crippen LogP contribution >= 0.6 is 34.2 Å². The third kappa shape index (κ3) is 5.58. The number of nitrogens with zero attached hydrogens (tertiary/aromatic N) is 3. The maximum atomic E-state index is 13.4. The van der Waals surface area contributed by atoms with E-state index in [2.05, 4.69) is 27.7 Å². The van der Waals surface area contributed by atoms with Crippen molar-refractivity contribution in [1.29, 1.82) is 0 Å². The molecule has 4 aromatic carbocycles. The molecule has 0 aliphatic carbocycles. The van der Waals surface area contributed by atoms with E-state index in [0.29, 0.717) is 46.5 Å². The van der Waals surface area contributed by atoms with Crippen molar-refractivity contribution in [2.75, 3.05) is 6.61 Å². The van der Waals surface area contributed by atoms with Crippen LogP contribution in [0, 0.1) is 3.57 Å². The Morgan fingerprint density at radius 2 is 1.71 bits per heavy atom. The lowest BCUT2D eigenvalue weighted by Gasteiger charge is -2.15. The van der Waals surface area contributed by atoms with E-state index < -0.39 is 0 Å². The van der Waals surface area contributed by atoms with Crippen LogP contribution in [0.5, 0.6) is 11.5 Å². The molecule has 190 valence electrons. The van der Waals surface area contributed by atoms with E-state index in [1.54, 1.807) is 12.3 Å². The lowest BCUT2D eigenvalue weighted by Crippen LogP contribution is -2.20. The Balaban J connectivity index is 1.53. The fourth-order valence-electron chi connectivity index (χ4n) is 3.96. The van der Waals surface area contributed by atoms with E-state index in [9.17, 15) is 4.79 Å². The molecule has 0 saturated heterocycles. The van der Waals surface area contributed by atoms with E-state index in [4.69, 9.17) is 26.1 Å². The second-order valence-corrected chi connectivity index (χ2v) is 9.89. The number of benzene rings is 4. The van der Waals surface area contributed by atoms with Crippen molar-refractivity contribution in [2.45, 2.75) is 13.5 Å². The minimum absolute atomic E-state index is 0.245. The zero-order chi connectivity index (χ0) is 26.5. The van der Waals surface area contributed by atoms with Gasteiger partial charge in [0.05, 0.1) is 27.3 Å². The molecule has 0 aliphatic heterocycles. The second-order valence-electron chi connectivity index (χ2n) is 8.32. The van der Waals surface area contributed by atoms with Gasteiger partial charge in [0, 0.05) is 16.1 Å². The first kappa shape index (κ1) is 25.9. The summed E-state index contributed by atoms with van der Waals surface area (Å²) in [7, 11) is 0. The molecule has 6 nitrogen and oxygen atoms in total. The van der Waals surface area contributed by atoms with Crippen LogP contribution in [-0.4, -0.2) is 22.5 Å². The lowest BCUT2D eigenvalue weighted by molar-refractivity contribution is 0.267. The summed E-state index contributed by atoms with van der Waals surface area (Å²) in [6, 6.07) is 28.2. The van der Waals surface area contributed by atoms with Gasteiger partial charge in [0.2, 0.25) is 0 Å². The highest BCUT2D eigenvalue weighted by Crippen LogP contribution is 2.35. The predicted molar refractivity (Wildman–Crippen MR) is 161 cm³/mol. The molecule has 0 N–H and O–H groups in total. The predicted octanol–water partition coefficient (Wildman–Crippen LogP) is 7.18. The minimum Gasteiger partial charge on any atom is -0.490 e. The number of hydrogen-bond acceptors (Lipinski definition) is 5. The van der Waals surface area contributed by atoms with Crippen molar-refractivity contribution >= 4 is 51.3 Å². The summed E-state index contributed by atoms with van der Waals surface area (Å²) in [5, 5.41) is 5.72. The molecule has 0 fully saturated rings. The van der Waals surface area contributed by atoms with Gasteiger partial charge in [0.15, 0.2) is 17.3 Å². The summed E-state index contributed by atoms with van der Waals surface area (Å²) in [5.74, 6) is 1.67. The van der Waals surface area contributed by atoms with Gasteiger partial charge in [-0.15, -0.1) is 0 Å². The highest BCUT2D eigenvalue weighted by molar-refractivity contribution is 14.1. The summed E-state index contributed by atoms with van der Waals surface area (Å²) in [6.07, 6.45) is 1.63. The third-order valence-electron chi connectivity index (χ3n) is 5.77. The van der Waals surface area contributed by atoms with Crippen molar-refractivity contribution in [1.82, 2.24) is 9.66 Å². The molecule has 0 amide bonds. The maximum absolute atomic E-state index is 13.4. The Kier molecular flexibility index (Phi) is 8.05. The smallest absolute Gasteiger partial charge is 0.282 e. The van der Waals surface area contributed by atoms with Gasteiger partial charge in [0.1, 0.15) is 6.61 Å². The minimum atomic E-state index is -0.245. The summed E-state index contributed by atoms with van der Waals surface area (Å²) in [4.78, 5) is 18.2. The Morgan fingerprint density at radius 3 is 2.50 bits per heavy atom. The number of fused-ring (bicyclic) bond motifs is 1. The standard InChI is InChI=1S/C30H23ClIN3O3/c1-2-37-27-17-20(16-25(32)28(27)38-19-22-12-6-8-14-24(22)31)18-33-35-29(21-10-4-3-5-11-21)34-26-15-9-7-13-23(26)30(35)36/h3-18H,2,19H2,1H3. The van der Waals surface area contributed by atoms with E-state index >= 15 is 0 Å². The van der Waals surface area contributed by atoms with Crippen molar-refractivity contribution < 1.29 is 9.47 Å². The molecule has 0 aliphatic rings. The molecule has 38 heavy (non-hydrogen) atoms. The molecule has 1 heterocycles. The normalized spacial score (nSPS) is 11.2. The van der Waals surface area contributed by atoms with Crippen LogP contribution in [0.25, 0.3) is 22.3 Å². The monoisotopic (exact) mass is 635 g/mol. The summed E-state index contributed by atoms with van der Waals surface area (Å²) >= 11 is 8.51. The first-order valence-corrected chi connectivity index (χ1v) is 13.4. The SMILES string of the molecule is CCOc1cc(C=Nn2c(-c3ccccc3)nc3ccccc3c2=O)cc(I)c1OCc1ccccc1Cl. The Hall–Kier alpha value is -3.69. The number of ether oxygens (including phenoxy) is 2. The highest BCUT2D eigenvalue weighted by Gasteiger charge is 2.15. The van der Waals surface area contributed by atoms with Gasteiger partial charge in [0.25, 0.3) is 5.56 Å². The van der Waals surface area contributed by atoms with Crippen LogP contribution in [0.1, 0.15) is 18.1 Å². The van der Waals surface area contributed by atoms with Crippen LogP contribution < -0.4 is 15.0 Å². The van der Waals surface area contributed by atoms with Crippen molar-refractivity contribution in [3.63, 3.8) is 0 Å². The van der Waals surface area contributed by atoms with Gasteiger partial charge < -0.3 is 9.47 Å². The van der Waals surface area contributed by atoms with E-state index in [1.165, 1.54) is 4.68 Å². The van der Waals surface area contributed by atoms with Crippen LogP contribution in [0.2, 0.25) is 5.02 Å². The first-order chi connectivity index (χ1) is 18.5.